The van der Waals surface area contributed by atoms with E-state index in [2.05, 4.69) is 5.10 Å². The summed E-state index contributed by atoms with van der Waals surface area (Å²) in [6.07, 6.45) is 0.830. The fourth-order valence-electron chi connectivity index (χ4n) is 2.02. The molecule has 1 aromatic carbocycles. The lowest BCUT2D eigenvalue weighted by molar-refractivity contribution is 0.199. The highest BCUT2D eigenvalue weighted by Crippen LogP contribution is 2.31. The molecule has 0 bridgehead atoms. The summed E-state index contributed by atoms with van der Waals surface area (Å²) in [5, 5.41) is 14.8. The maximum Gasteiger partial charge on any atom is 0.163 e. The van der Waals surface area contributed by atoms with Crippen LogP contribution in [0, 0.1) is 0 Å². The molecule has 1 unspecified atom stereocenters. The lowest BCUT2D eigenvalue weighted by Gasteiger charge is -2.17. The molecule has 3 N–H and O–H groups in total. The van der Waals surface area contributed by atoms with E-state index < -0.39 is 6.10 Å². The SMILES string of the molecule is COc1cnn(C(C)C)c1C(O)c1ccc(N)cc1. The van der Waals surface area contributed by atoms with Crippen LogP contribution in [0.15, 0.2) is 30.5 Å². The van der Waals surface area contributed by atoms with Gasteiger partial charge in [0.25, 0.3) is 0 Å². The van der Waals surface area contributed by atoms with E-state index in [4.69, 9.17) is 10.5 Å². The number of aliphatic hydroxyl groups is 1. The number of anilines is 1. The van der Waals surface area contributed by atoms with E-state index in [1.807, 2.05) is 13.8 Å². The molecule has 0 spiro atoms. The van der Waals surface area contributed by atoms with E-state index in [1.165, 1.54) is 0 Å². The van der Waals surface area contributed by atoms with E-state index >= 15 is 0 Å². The summed E-state index contributed by atoms with van der Waals surface area (Å²) >= 11 is 0. The summed E-state index contributed by atoms with van der Waals surface area (Å²) in [7, 11) is 1.57. The van der Waals surface area contributed by atoms with Crippen LogP contribution in [-0.2, 0) is 0 Å². The monoisotopic (exact) mass is 261 g/mol. The van der Waals surface area contributed by atoms with Gasteiger partial charge in [0, 0.05) is 11.7 Å². The normalized spacial score (nSPS) is 12.7. The molecule has 1 atom stereocenters. The van der Waals surface area contributed by atoms with Gasteiger partial charge in [-0.1, -0.05) is 12.1 Å². The number of nitrogens with two attached hydrogens (primary N) is 1. The molecule has 1 aromatic heterocycles. The van der Waals surface area contributed by atoms with Crippen molar-refractivity contribution in [3.63, 3.8) is 0 Å². The number of hydrogen-bond donors (Lipinski definition) is 2. The first-order valence-electron chi connectivity index (χ1n) is 6.19. The van der Waals surface area contributed by atoms with E-state index in [-0.39, 0.29) is 6.04 Å². The molecule has 19 heavy (non-hydrogen) atoms. The Morgan fingerprint density at radius 1 is 1.26 bits per heavy atom. The molecule has 5 heteroatoms. The van der Waals surface area contributed by atoms with Crippen molar-refractivity contribution in [1.29, 1.82) is 0 Å². The Bertz CT molecular complexity index is 546. The van der Waals surface area contributed by atoms with Crippen LogP contribution in [0.2, 0.25) is 0 Å². The smallest absolute Gasteiger partial charge is 0.163 e. The minimum Gasteiger partial charge on any atom is -0.493 e. The zero-order valence-electron chi connectivity index (χ0n) is 11.4. The molecule has 102 valence electrons. The fourth-order valence-corrected chi connectivity index (χ4v) is 2.02. The van der Waals surface area contributed by atoms with Crippen molar-refractivity contribution in [2.75, 3.05) is 12.8 Å². The second-order valence-electron chi connectivity index (χ2n) is 4.71. The van der Waals surface area contributed by atoms with Crippen LogP contribution in [0.25, 0.3) is 0 Å². The number of benzene rings is 1. The number of ether oxygens (including phenoxy) is 1. The van der Waals surface area contributed by atoms with Crippen LogP contribution in [0.3, 0.4) is 0 Å². The Hall–Kier alpha value is -2.01. The van der Waals surface area contributed by atoms with Crippen molar-refractivity contribution in [2.45, 2.75) is 26.0 Å². The number of nitrogens with zero attached hydrogens (tertiary/aromatic N) is 2. The third kappa shape index (κ3) is 2.56. The summed E-state index contributed by atoms with van der Waals surface area (Å²) < 4.78 is 7.04. The van der Waals surface area contributed by atoms with Gasteiger partial charge in [0.2, 0.25) is 0 Å². The lowest BCUT2D eigenvalue weighted by atomic mass is 10.1. The number of aromatic nitrogens is 2. The van der Waals surface area contributed by atoms with Crippen molar-refractivity contribution in [1.82, 2.24) is 9.78 Å². The molecule has 0 saturated carbocycles. The third-order valence-electron chi connectivity index (χ3n) is 3.02. The van der Waals surface area contributed by atoms with Gasteiger partial charge in [0.05, 0.1) is 13.3 Å². The molecular weight excluding hydrogens is 242 g/mol. The van der Waals surface area contributed by atoms with Gasteiger partial charge >= 0.3 is 0 Å². The van der Waals surface area contributed by atoms with Crippen molar-refractivity contribution >= 4 is 5.69 Å². The molecule has 0 aliphatic rings. The van der Waals surface area contributed by atoms with Gasteiger partial charge in [-0.3, -0.25) is 4.68 Å². The first kappa shape index (κ1) is 13.4. The topological polar surface area (TPSA) is 73.3 Å². The van der Waals surface area contributed by atoms with Crippen LogP contribution in [-0.4, -0.2) is 22.0 Å². The number of hydrogen-bond acceptors (Lipinski definition) is 4. The van der Waals surface area contributed by atoms with E-state index in [0.717, 1.165) is 5.56 Å². The van der Waals surface area contributed by atoms with Gasteiger partial charge in [0.1, 0.15) is 11.8 Å². The average Bonchev–Trinajstić information content (AvgIpc) is 2.82. The summed E-state index contributed by atoms with van der Waals surface area (Å²) in [5.41, 5.74) is 7.74. The maximum atomic E-state index is 10.5. The first-order valence-corrected chi connectivity index (χ1v) is 6.19. The Kier molecular flexibility index (Phi) is 3.76. The van der Waals surface area contributed by atoms with Crippen molar-refractivity contribution < 1.29 is 9.84 Å². The number of methoxy groups -OCH3 is 1. The second kappa shape index (κ2) is 5.32. The molecule has 1 heterocycles. The standard InChI is InChI=1S/C14H19N3O2/c1-9(2)17-13(12(19-3)8-16-17)14(18)10-4-6-11(15)7-5-10/h4-9,14,18H,15H2,1-3H3. The van der Waals surface area contributed by atoms with Crippen molar-refractivity contribution in [2.24, 2.45) is 0 Å². The maximum absolute atomic E-state index is 10.5. The fraction of sp³-hybridized carbons (Fsp3) is 0.357. The lowest BCUT2D eigenvalue weighted by Crippen LogP contribution is -2.13. The quantitative estimate of drug-likeness (QED) is 0.827. The van der Waals surface area contributed by atoms with Crippen molar-refractivity contribution in [3.05, 3.63) is 41.7 Å². The van der Waals surface area contributed by atoms with Crippen LogP contribution in [0.5, 0.6) is 5.75 Å². The molecule has 5 nitrogen and oxygen atoms in total. The Labute approximate surface area is 112 Å². The summed E-state index contributed by atoms with van der Waals surface area (Å²) in [5.74, 6) is 0.582. The summed E-state index contributed by atoms with van der Waals surface area (Å²) in [6, 6.07) is 7.28. The highest BCUT2D eigenvalue weighted by atomic mass is 16.5. The van der Waals surface area contributed by atoms with Crippen LogP contribution >= 0.6 is 0 Å². The molecule has 0 radical (unpaired) electrons. The summed E-state index contributed by atoms with van der Waals surface area (Å²) in [6.45, 7) is 4.01. The Balaban J connectivity index is 2.44. The van der Waals surface area contributed by atoms with Gasteiger partial charge in [0.15, 0.2) is 5.75 Å². The minimum atomic E-state index is -0.791. The first-order chi connectivity index (χ1) is 9.04. The molecule has 2 aromatic rings. The predicted octanol–water partition coefficient (Wildman–Crippen LogP) is 2.14. The number of aliphatic hydroxyl groups excluding tert-OH is 1. The minimum absolute atomic E-state index is 0.141. The largest absolute Gasteiger partial charge is 0.493 e. The van der Waals surface area contributed by atoms with Gasteiger partial charge in [-0.2, -0.15) is 5.10 Å². The zero-order chi connectivity index (χ0) is 14.0. The second-order valence-corrected chi connectivity index (χ2v) is 4.71. The number of nitrogen functional groups attached to an aromatic ring is 1. The van der Waals surface area contributed by atoms with Gasteiger partial charge < -0.3 is 15.6 Å². The highest BCUT2D eigenvalue weighted by molar-refractivity contribution is 5.42. The van der Waals surface area contributed by atoms with E-state index in [9.17, 15) is 5.11 Å². The Morgan fingerprint density at radius 2 is 1.89 bits per heavy atom. The molecule has 0 fully saturated rings. The number of rotatable bonds is 4. The molecule has 0 aliphatic heterocycles. The molecular formula is C14H19N3O2. The molecule has 0 aliphatic carbocycles. The highest BCUT2D eigenvalue weighted by Gasteiger charge is 2.22. The third-order valence-corrected chi connectivity index (χ3v) is 3.02. The molecule has 2 rings (SSSR count). The Morgan fingerprint density at radius 3 is 2.42 bits per heavy atom. The van der Waals surface area contributed by atoms with Gasteiger partial charge in [-0.15, -0.1) is 0 Å². The van der Waals surface area contributed by atoms with Crippen LogP contribution < -0.4 is 10.5 Å². The van der Waals surface area contributed by atoms with E-state index in [1.54, 1.807) is 42.3 Å². The van der Waals surface area contributed by atoms with Gasteiger partial charge in [-0.05, 0) is 31.5 Å². The van der Waals surface area contributed by atoms with E-state index in [0.29, 0.717) is 17.1 Å². The summed E-state index contributed by atoms with van der Waals surface area (Å²) in [4.78, 5) is 0. The van der Waals surface area contributed by atoms with Crippen molar-refractivity contribution in [3.8, 4) is 5.75 Å². The zero-order valence-corrected chi connectivity index (χ0v) is 11.4. The van der Waals surface area contributed by atoms with Gasteiger partial charge in [-0.25, -0.2) is 0 Å². The molecule has 0 amide bonds. The average molecular weight is 261 g/mol. The van der Waals surface area contributed by atoms with Crippen LogP contribution in [0.1, 0.15) is 37.3 Å². The molecule has 0 saturated heterocycles. The predicted molar refractivity (Wildman–Crippen MR) is 74.1 cm³/mol. The van der Waals surface area contributed by atoms with Crippen LogP contribution in [0.4, 0.5) is 5.69 Å².